The smallest absolute Gasteiger partial charge is 0.154 e. The predicted octanol–water partition coefficient (Wildman–Crippen LogP) is 0.0960. The van der Waals surface area contributed by atoms with Crippen molar-refractivity contribution in [3.8, 4) is 0 Å². The molecule has 0 aliphatic carbocycles. The lowest BCUT2D eigenvalue weighted by Gasteiger charge is -1.97. The van der Waals surface area contributed by atoms with Crippen LogP contribution in [-0.2, 0) is 9.84 Å². The summed E-state index contributed by atoms with van der Waals surface area (Å²) in [5.74, 6) is 0.918. The average Bonchev–Trinajstić information content (AvgIpc) is 2.20. The van der Waals surface area contributed by atoms with Gasteiger partial charge in [-0.25, -0.2) is 8.42 Å². The predicted molar refractivity (Wildman–Crippen MR) is 48.6 cm³/mol. The summed E-state index contributed by atoms with van der Waals surface area (Å²) >= 11 is 0. The number of fused-ring (bicyclic) bond motifs is 1. The van der Waals surface area contributed by atoms with Gasteiger partial charge in [-0.15, -0.1) is 17.0 Å². The van der Waals surface area contributed by atoms with Crippen LogP contribution in [0.5, 0.6) is 0 Å². The van der Waals surface area contributed by atoms with Crippen LogP contribution >= 0.6 is 17.0 Å². The van der Waals surface area contributed by atoms with E-state index in [1.165, 1.54) is 0 Å². The van der Waals surface area contributed by atoms with Crippen molar-refractivity contribution in [3.05, 3.63) is 11.8 Å². The van der Waals surface area contributed by atoms with Crippen molar-refractivity contribution in [1.82, 2.24) is 5.32 Å². The summed E-state index contributed by atoms with van der Waals surface area (Å²) in [5, 5.41) is 3.04. The third-order valence-corrected chi connectivity index (χ3v) is 3.70. The third-order valence-electron chi connectivity index (χ3n) is 2.02. The Kier molecular flexibility index (Phi) is 2.29. The first kappa shape index (κ1) is 9.06. The minimum absolute atomic E-state index is 0. The summed E-state index contributed by atoms with van der Waals surface area (Å²) in [5.41, 5.74) is 1.07. The normalized spacial score (nSPS) is 31.6. The van der Waals surface area contributed by atoms with Gasteiger partial charge in [-0.2, -0.15) is 0 Å². The summed E-state index contributed by atoms with van der Waals surface area (Å²) in [6, 6.07) is 0. The van der Waals surface area contributed by atoms with E-state index in [4.69, 9.17) is 0 Å². The number of sulfone groups is 1. The average molecular weight is 240 g/mol. The molecule has 2 rings (SSSR count). The van der Waals surface area contributed by atoms with Crippen molar-refractivity contribution in [2.75, 3.05) is 18.1 Å². The minimum atomic E-state index is -2.71. The molecule has 0 saturated carbocycles. The van der Waals surface area contributed by atoms with Gasteiger partial charge in [0.05, 0.1) is 11.5 Å². The maximum absolute atomic E-state index is 11.0. The fourth-order valence-electron chi connectivity index (χ4n) is 1.53. The zero-order valence-electron chi connectivity index (χ0n) is 5.91. The van der Waals surface area contributed by atoms with E-state index in [9.17, 15) is 8.42 Å². The SMILES string of the molecule is Br.O=S1(=O)CC2=CNCC2C1. The maximum Gasteiger partial charge on any atom is 0.154 e. The van der Waals surface area contributed by atoms with E-state index < -0.39 is 9.84 Å². The molecule has 0 amide bonds. The largest absolute Gasteiger partial charge is 0.390 e. The van der Waals surface area contributed by atoms with Gasteiger partial charge in [-0.1, -0.05) is 0 Å². The van der Waals surface area contributed by atoms with Crippen molar-refractivity contribution in [3.63, 3.8) is 0 Å². The molecule has 2 aliphatic rings. The van der Waals surface area contributed by atoms with Crippen molar-refractivity contribution in [2.45, 2.75) is 0 Å². The molecular weight excluding hydrogens is 230 g/mol. The van der Waals surface area contributed by atoms with E-state index in [-0.39, 0.29) is 28.7 Å². The molecular formula is C6H10BrNO2S. The molecule has 0 aromatic heterocycles. The Bertz CT molecular complexity index is 283. The van der Waals surface area contributed by atoms with E-state index in [0.29, 0.717) is 5.75 Å². The van der Waals surface area contributed by atoms with E-state index in [0.717, 1.165) is 12.1 Å². The van der Waals surface area contributed by atoms with Gasteiger partial charge >= 0.3 is 0 Å². The van der Waals surface area contributed by atoms with E-state index in [2.05, 4.69) is 5.32 Å². The molecule has 1 fully saturated rings. The van der Waals surface area contributed by atoms with Gasteiger partial charge in [0.1, 0.15) is 0 Å². The van der Waals surface area contributed by atoms with Gasteiger partial charge in [0.25, 0.3) is 0 Å². The first-order valence-corrected chi connectivity index (χ1v) is 5.12. The first-order chi connectivity index (χ1) is 4.67. The summed E-state index contributed by atoms with van der Waals surface area (Å²) in [6.45, 7) is 0.814. The molecule has 0 aromatic carbocycles. The highest BCUT2D eigenvalue weighted by molar-refractivity contribution is 8.93. The summed E-state index contributed by atoms with van der Waals surface area (Å²) in [7, 11) is -2.71. The van der Waals surface area contributed by atoms with Crippen LogP contribution in [0.15, 0.2) is 11.8 Å². The zero-order valence-corrected chi connectivity index (χ0v) is 8.44. The molecule has 3 nitrogen and oxygen atoms in total. The molecule has 5 heteroatoms. The molecule has 0 bridgehead atoms. The van der Waals surface area contributed by atoms with Crippen LogP contribution in [0.2, 0.25) is 0 Å². The van der Waals surface area contributed by atoms with E-state index in [1.807, 2.05) is 6.20 Å². The standard InChI is InChI=1S/C6H9NO2S.BrH/c8-10(9)3-5-1-7-2-6(5)4-10;/h1,6-7H,2-4H2;1H. The lowest BCUT2D eigenvalue weighted by Crippen LogP contribution is -2.13. The Morgan fingerprint density at radius 3 is 2.91 bits per heavy atom. The van der Waals surface area contributed by atoms with E-state index >= 15 is 0 Å². The van der Waals surface area contributed by atoms with Gasteiger partial charge in [-0.3, -0.25) is 0 Å². The molecule has 0 aromatic rings. The molecule has 0 spiro atoms. The lowest BCUT2D eigenvalue weighted by molar-refractivity contribution is 0.596. The van der Waals surface area contributed by atoms with Crippen molar-refractivity contribution >= 4 is 26.8 Å². The highest BCUT2D eigenvalue weighted by atomic mass is 79.9. The molecule has 1 atom stereocenters. The van der Waals surface area contributed by atoms with Gasteiger partial charge in [0.2, 0.25) is 0 Å². The van der Waals surface area contributed by atoms with Crippen LogP contribution in [0, 0.1) is 5.92 Å². The van der Waals surface area contributed by atoms with Crippen LogP contribution < -0.4 is 5.32 Å². The number of hydrogen-bond donors (Lipinski definition) is 1. The molecule has 64 valence electrons. The monoisotopic (exact) mass is 239 g/mol. The molecule has 11 heavy (non-hydrogen) atoms. The van der Waals surface area contributed by atoms with Crippen LogP contribution in [0.4, 0.5) is 0 Å². The fraction of sp³-hybridized carbons (Fsp3) is 0.667. The molecule has 2 heterocycles. The quantitative estimate of drug-likeness (QED) is 0.653. The topological polar surface area (TPSA) is 46.2 Å². The van der Waals surface area contributed by atoms with Gasteiger partial charge in [0, 0.05) is 12.5 Å². The zero-order chi connectivity index (χ0) is 7.19. The third kappa shape index (κ3) is 1.59. The van der Waals surface area contributed by atoms with Crippen LogP contribution in [0.3, 0.4) is 0 Å². The summed E-state index contributed by atoms with van der Waals surface area (Å²) < 4.78 is 22.0. The number of rotatable bonds is 0. The number of hydrogen-bond acceptors (Lipinski definition) is 3. The molecule has 1 N–H and O–H groups in total. The Labute approximate surface area is 76.6 Å². The van der Waals surface area contributed by atoms with Crippen molar-refractivity contribution < 1.29 is 8.42 Å². The van der Waals surface area contributed by atoms with Crippen LogP contribution in [0.25, 0.3) is 0 Å². The Balaban J connectivity index is 0.000000605. The molecule has 1 saturated heterocycles. The van der Waals surface area contributed by atoms with Gasteiger partial charge < -0.3 is 5.32 Å². The van der Waals surface area contributed by atoms with Crippen molar-refractivity contribution in [2.24, 2.45) is 5.92 Å². The highest BCUT2D eigenvalue weighted by Gasteiger charge is 2.34. The lowest BCUT2D eigenvalue weighted by atomic mass is 10.1. The van der Waals surface area contributed by atoms with Crippen LogP contribution in [0.1, 0.15) is 0 Å². The summed E-state index contributed by atoms with van der Waals surface area (Å²) in [4.78, 5) is 0. The fourth-order valence-corrected chi connectivity index (χ4v) is 3.42. The second-order valence-electron chi connectivity index (χ2n) is 2.88. The first-order valence-electron chi connectivity index (χ1n) is 3.30. The summed E-state index contributed by atoms with van der Waals surface area (Å²) in [6.07, 6.45) is 1.84. The number of nitrogens with one attached hydrogen (secondary N) is 1. The van der Waals surface area contributed by atoms with Gasteiger partial charge in [0.15, 0.2) is 9.84 Å². The van der Waals surface area contributed by atoms with Gasteiger partial charge in [-0.05, 0) is 11.8 Å². The van der Waals surface area contributed by atoms with E-state index in [1.54, 1.807) is 0 Å². The Morgan fingerprint density at radius 1 is 1.55 bits per heavy atom. The second kappa shape index (κ2) is 2.79. The maximum atomic E-state index is 11.0. The van der Waals surface area contributed by atoms with Crippen LogP contribution in [-0.4, -0.2) is 26.5 Å². The van der Waals surface area contributed by atoms with Crippen molar-refractivity contribution in [1.29, 1.82) is 0 Å². The molecule has 1 unspecified atom stereocenters. The number of halogens is 1. The Morgan fingerprint density at radius 2 is 2.27 bits per heavy atom. The highest BCUT2D eigenvalue weighted by Crippen LogP contribution is 2.26. The minimum Gasteiger partial charge on any atom is -0.390 e. The Hall–Kier alpha value is -0.0300. The second-order valence-corrected chi connectivity index (χ2v) is 4.99. The molecule has 2 aliphatic heterocycles. The molecule has 0 radical (unpaired) electrons.